The van der Waals surface area contributed by atoms with Gasteiger partial charge in [0.2, 0.25) is 0 Å². The van der Waals surface area contributed by atoms with Crippen molar-refractivity contribution in [3.63, 3.8) is 0 Å². The number of hydrogen-bond acceptors (Lipinski definition) is 2. The third kappa shape index (κ3) is 3.22. The largest absolute Gasteiger partial charge is 0.397 e. The van der Waals surface area contributed by atoms with Crippen molar-refractivity contribution in [3.8, 4) is 0 Å². The Kier molecular flexibility index (Phi) is 4.49. The molecule has 0 spiro atoms. The summed E-state index contributed by atoms with van der Waals surface area (Å²) in [6, 6.07) is 9.67. The molecular formula is C15H18BrN3O. The highest BCUT2D eigenvalue weighted by molar-refractivity contribution is 9.10. The van der Waals surface area contributed by atoms with E-state index in [4.69, 9.17) is 5.73 Å². The summed E-state index contributed by atoms with van der Waals surface area (Å²) in [6.07, 6.45) is 1.79. The van der Waals surface area contributed by atoms with Crippen LogP contribution in [0.4, 0.5) is 5.69 Å². The Balaban J connectivity index is 2.16. The lowest BCUT2D eigenvalue weighted by molar-refractivity contribution is 0.0774. The molecule has 5 heteroatoms. The number of halogens is 1. The second-order valence-electron chi connectivity index (χ2n) is 4.74. The molecule has 0 saturated carbocycles. The van der Waals surface area contributed by atoms with Gasteiger partial charge in [0.1, 0.15) is 5.69 Å². The predicted octanol–water partition coefficient (Wildman–Crippen LogP) is 3.12. The number of rotatable bonds is 4. The lowest BCUT2D eigenvalue weighted by atomic mass is 10.2. The number of nitrogens with two attached hydrogens (primary N) is 1. The van der Waals surface area contributed by atoms with E-state index in [2.05, 4.69) is 15.9 Å². The molecule has 0 radical (unpaired) electrons. The summed E-state index contributed by atoms with van der Waals surface area (Å²) in [4.78, 5) is 14.2. The molecule has 0 aliphatic carbocycles. The molecule has 2 N–H and O–H groups in total. The van der Waals surface area contributed by atoms with Crippen molar-refractivity contribution >= 4 is 27.5 Å². The molecule has 4 nitrogen and oxygen atoms in total. The quantitative estimate of drug-likeness (QED) is 0.933. The smallest absolute Gasteiger partial charge is 0.270 e. The van der Waals surface area contributed by atoms with Gasteiger partial charge in [0, 0.05) is 30.8 Å². The van der Waals surface area contributed by atoms with E-state index in [1.54, 1.807) is 24.2 Å². The minimum Gasteiger partial charge on any atom is -0.397 e. The molecule has 0 saturated heterocycles. The van der Waals surface area contributed by atoms with Crippen LogP contribution in [0.15, 0.2) is 41.0 Å². The summed E-state index contributed by atoms with van der Waals surface area (Å²) in [5, 5.41) is 0. The summed E-state index contributed by atoms with van der Waals surface area (Å²) in [5.41, 5.74) is 8.09. The van der Waals surface area contributed by atoms with Gasteiger partial charge in [-0.15, -0.1) is 0 Å². The van der Waals surface area contributed by atoms with Gasteiger partial charge >= 0.3 is 0 Å². The van der Waals surface area contributed by atoms with E-state index in [0.717, 1.165) is 16.6 Å². The molecule has 0 fully saturated rings. The molecule has 1 heterocycles. The van der Waals surface area contributed by atoms with E-state index >= 15 is 0 Å². The highest BCUT2D eigenvalue weighted by Crippen LogP contribution is 2.16. The van der Waals surface area contributed by atoms with Crippen molar-refractivity contribution in [2.75, 3.05) is 12.8 Å². The van der Waals surface area contributed by atoms with Gasteiger partial charge in [0.05, 0.1) is 5.69 Å². The third-order valence-corrected chi connectivity index (χ3v) is 3.63. The average Bonchev–Trinajstić information content (AvgIpc) is 2.79. The fraction of sp³-hybridized carbons (Fsp3) is 0.267. The summed E-state index contributed by atoms with van der Waals surface area (Å²) in [5.74, 6) is -0.0245. The lowest BCUT2D eigenvalue weighted by Crippen LogP contribution is -2.28. The number of hydrogen-bond donors (Lipinski definition) is 1. The molecule has 2 rings (SSSR count). The summed E-state index contributed by atoms with van der Waals surface area (Å²) in [7, 11) is 1.80. The van der Waals surface area contributed by atoms with Crippen molar-refractivity contribution in [2.45, 2.75) is 20.0 Å². The zero-order valence-electron chi connectivity index (χ0n) is 11.6. The first-order valence-corrected chi connectivity index (χ1v) is 7.26. The topological polar surface area (TPSA) is 51.3 Å². The Bertz CT molecular complexity index is 621. The van der Waals surface area contributed by atoms with Crippen molar-refractivity contribution in [2.24, 2.45) is 0 Å². The van der Waals surface area contributed by atoms with Crippen LogP contribution < -0.4 is 5.73 Å². The fourth-order valence-corrected chi connectivity index (χ4v) is 2.60. The summed E-state index contributed by atoms with van der Waals surface area (Å²) in [6.45, 7) is 3.28. The van der Waals surface area contributed by atoms with Gasteiger partial charge in [0.15, 0.2) is 0 Å². The van der Waals surface area contributed by atoms with Crippen LogP contribution in [0.25, 0.3) is 0 Å². The van der Waals surface area contributed by atoms with Crippen LogP contribution in [0.1, 0.15) is 23.0 Å². The number of amides is 1. The van der Waals surface area contributed by atoms with Crippen molar-refractivity contribution in [1.82, 2.24) is 9.47 Å². The fourth-order valence-electron chi connectivity index (χ4n) is 2.15. The molecule has 1 amide bonds. The SMILES string of the molecule is CCn1cc(N)cc1C(=O)N(C)Cc1cccc(Br)c1. The number of nitrogens with zero attached hydrogens (tertiary/aromatic N) is 2. The van der Waals surface area contributed by atoms with E-state index in [9.17, 15) is 4.79 Å². The molecule has 0 aliphatic rings. The number of anilines is 1. The predicted molar refractivity (Wildman–Crippen MR) is 84.5 cm³/mol. The number of carbonyl (C=O) groups is 1. The minimum absolute atomic E-state index is 0.0245. The molecule has 1 aromatic carbocycles. The number of aryl methyl sites for hydroxylation is 1. The number of carbonyl (C=O) groups excluding carboxylic acids is 1. The van der Waals surface area contributed by atoms with Gasteiger partial charge in [0.25, 0.3) is 5.91 Å². The second kappa shape index (κ2) is 6.13. The average molecular weight is 336 g/mol. The Morgan fingerprint density at radius 2 is 2.15 bits per heavy atom. The third-order valence-electron chi connectivity index (χ3n) is 3.13. The van der Waals surface area contributed by atoms with Gasteiger partial charge in [-0.1, -0.05) is 28.1 Å². The van der Waals surface area contributed by atoms with Crippen LogP contribution >= 0.6 is 15.9 Å². The first-order valence-electron chi connectivity index (χ1n) is 6.46. The molecular weight excluding hydrogens is 318 g/mol. The van der Waals surface area contributed by atoms with Gasteiger partial charge < -0.3 is 15.2 Å². The van der Waals surface area contributed by atoms with Gasteiger partial charge in [-0.25, -0.2) is 0 Å². The second-order valence-corrected chi connectivity index (χ2v) is 5.65. The number of nitrogen functional groups attached to an aromatic ring is 1. The highest BCUT2D eigenvalue weighted by atomic mass is 79.9. The molecule has 1 aromatic heterocycles. The van der Waals surface area contributed by atoms with E-state index in [1.807, 2.05) is 35.8 Å². The van der Waals surface area contributed by atoms with E-state index in [-0.39, 0.29) is 5.91 Å². The summed E-state index contributed by atoms with van der Waals surface area (Å²) >= 11 is 3.44. The maximum absolute atomic E-state index is 12.5. The van der Waals surface area contributed by atoms with Gasteiger partial charge in [-0.05, 0) is 30.7 Å². The van der Waals surface area contributed by atoms with E-state index < -0.39 is 0 Å². The molecule has 106 valence electrons. The first-order chi connectivity index (χ1) is 9.51. The maximum Gasteiger partial charge on any atom is 0.270 e. The standard InChI is InChI=1S/C15H18BrN3O/c1-3-19-10-13(17)8-14(19)15(20)18(2)9-11-5-4-6-12(16)7-11/h4-8,10H,3,9,17H2,1-2H3. The Morgan fingerprint density at radius 3 is 2.80 bits per heavy atom. The van der Waals surface area contributed by atoms with Crippen LogP contribution in [0.3, 0.4) is 0 Å². The minimum atomic E-state index is -0.0245. The maximum atomic E-state index is 12.5. The zero-order chi connectivity index (χ0) is 14.7. The molecule has 0 bridgehead atoms. The first kappa shape index (κ1) is 14.7. The zero-order valence-corrected chi connectivity index (χ0v) is 13.2. The normalized spacial score (nSPS) is 10.6. The number of benzene rings is 1. The van der Waals surface area contributed by atoms with Crippen LogP contribution in [0, 0.1) is 0 Å². The van der Waals surface area contributed by atoms with Gasteiger partial charge in [-0.3, -0.25) is 4.79 Å². The monoisotopic (exact) mass is 335 g/mol. The van der Waals surface area contributed by atoms with E-state index in [0.29, 0.717) is 17.9 Å². The van der Waals surface area contributed by atoms with Gasteiger partial charge in [-0.2, -0.15) is 0 Å². The van der Waals surface area contributed by atoms with Crippen LogP contribution in [0.2, 0.25) is 0 Å². The Labute approximate surface area is 127 Å². The molecule has 0 aliphatic heterocycles. The Hall–Kier alpha value is -1.75. The van der Waals surface area contributed by atoms with Crippen LogP contribution in [0.5, 0.6) is 0 Å². The number of aromatic nitrogens is 1. The van der Waals surface area contributed by atoms with Crippen LogP contribution in [-0.2, 0) is 13.1 Å². The Morgan fingerprint density at radius 1 is 1.40 bits per heavy atom. The van der Waals surface area contributed by atoms with Crippen LogP contribution in [-0.4, -0.2) is 22.4 Å². The molecule has 0 unspecified atom stereocenters. The van der Waals surface area contributed by atoms with Crippen molar-refractivity contribution in [3.05, 3.63) is 52.3 Å². The molecule has 2 aromatic rings. The summed E-state index contributed by atoms with van der Waals surface area (Å²) < 4.78 is 2.88. The van der Waals surface area contributed by atoms with Crippen molar-refractivity contribution < 1.29 is 4.79 Å². The highest BCUT2D eigenvalue weighted by Gasteiger charge is 2.16. The molecule has 20 heavy (non-hydrogen) atoms. The molecule has 0 atom stereocenters. The van der Waals surface area contributed by atoms with Crippen molar-refractivity contribution in [1.29, 1.82) is 0 Å². The lowest BCUT2D eigenvalue weighted by Gasteiger charge is -2.18. The van der Waals surface area contributed by atoms with E-state index in [1.165, 1.54) is 0 Å².